The van der Waals surface area contributed by atoms with Gasteiger partial charge in [-0.2, -0.15) is 0 Å². The fourth-order valence-corrected chi connectivity index (χ4v) is 5.33. The third kappa shape index (κ3) is 10.00. The van der Waals surface area contributed by atoms with Crippen molar-refractivity contribution in [1.82, 2.24) is 10.6 Å². The van der Waals surface area contributed by atoms with Gasteiger partial charge in [0.15, 0.2) is 0 Å². The number of nitro groups is 2. The number of nitrogens with zero attached hydrogens (tertiary/aromatic N) is 2. The van der Waals surface area contributed by atoms with Gasteiger partial charge in [-0.15, -0.1) is 0 Å². The van der Waals surface area contributed by atoms with E-state index in [0.29, 0.717) is 24.0 Å². The maximum Gasteiger partial charge on any atom is 0.408 e. The molecule has 0 aromatic heterocycles. The molecule has 14 heteroatoms. The number of hydrogen-bond donors (Lipinski definition) is 2. The molecule has 2 amide bonds. The molecular weight excluding hydrogens is 512 g/mol. The molecule has 0 heterocycles. The molecule has 0 aliphatic rings. The molecule has 0 spiro atoms. The number of nitrogens with one attached hydrogen (secondary N) is 2. The predicted octanol–water partition coefficient (Wildman–Crippen LogP) is 5.51. The molecule has 194 valence electrons. The van der Waals surface area contributed by atoms with Crippen molar-refractivity contribution < 1.29 is 28.9 Å². The first-order chi connectivity index (χ1) is 17.2. The highest BCUT2D eigenvalue weighted by Gasteiger charge is 2.18. The summed E-state index contributed by atoms with van der Waals surface area (Å²) in [4.78, 5) is 44.7. The van der Waals surface area contributed by atoms with Gasteiger partial charge in [-0.1, -0.05) is 35.4 Å². The summed E-state index contributed by atoms with van der Waals surface area (Å²) in [7, 11) is 2.73. The van der Waals surface area contributed by atoms with Crippen LogP contribution in [0.2, 0.25) is 0 Å². The van der Waals surface area contributed by atoms with E-state index >= 15 is 0 Å². The van der Waals surface area contributed by atoms with Gasteiger partial charge in [-0.05, 0) is 48.2 Å². The molecule has 2 N–H and O–H groups in total. The summed E-state index contributed by atoms with van der Waals surface area (Å²) >= 11 is 0. The lowest BCUT2D eigenvalue weighted by Gasteiger charge is -2.20. The smallest absolute Gasteiger partial charge is 0.408 e. The second-order valence-corrected chi connectivity index (χ2v) is 9.95. The first kappa shape index (κ1) is 28.7. The van der Waals surface area contributed by atoms with Crippen LogP contribution in [-0.2, 0) is 22.7 Å². The molecule has 2 unspecified atom stereocenters. The van der Waals surface area contributed by atoms with E-state index in [1.165, 1.54) is 70.1 Å². The molecule has 2 aromatic rings. The molecule has 0 radical (unpaired) electrons. The molecular formula is C22H26N4O8S2. The van der Waals surface area contributed by atoms with E-state index in [1.54, 1.807) is 0 Å². The van der Waals surface area contributed by atoms with Crippen LogP contribution in [0.5, 0.6) is 0 Å². The van der Waals surface area contributed by atoms with Gasteiger partial charge in [-0.25, -0.2) is 9.59 Å². The first-order valence-corrected chi connectivity index (χ1v) is 13.1. The van der Waals surface area contributed by atoms with Crippen molar-refractivity contribution in [3.05, 3.63) is 79.9 Å². The molecule has 12 nitrogen and oxygen atoms in total. The lowest BCUT2D eigenvalue weighted by atomic mass is 10.2. The van der Waals surface area contributed by atoms with Crippen molar-refractivity contribution >= 4 is 45.1 Å². The minimum Gasteiger partial charge on any atom is -0.445 e. The zero-order valence-electron chi connectivity index (χ0n) is 19.6. The zero-order chi connectivity index (χ0) is 26.5. The van der Waals surface area contributed by atoms with Gasteiger partial charge < -0.3 is 20.1 Å². The van der Waals surface area contributed by atoms with Gasteiger partial charge in [0.2, 0.25) is 0 Å². The summed E-state index contributed by atoms with van der Waals surface area (Å²) < 4.78 is 10.4. The summed E-state index contributed by atoms with van der Waals surface area (Å²) in [5.74, 6) is 0. The van der Waals surface area contributed by atoms with Crippen LogP contribution in [-0.4, -0.2) is 32.8 Å². The minimum atomic E-state index is -0.628. The Balaban J connectivity index is 1.72. The maximum atomic E-state index is 12.1. The molecule has 0 aliphatic heterocycles. The maximum absolute atomic E-state index is 12.1. The van der Waals surface area contributed by atoms with Crippen LogP contribution in [0.15, 0.2) is 48.5 Å². The molecule has 0 bridgehead atoms. The number of benzene rings is 2. The van der Waals surface area contributed by atoms with Gasteiger partial charge in [0.25, 0.3) is 11.4 Å². The quantitative estimate of drug-likeness (QED) is 0.144. The number of amides is 2. The number of carbonyl (C=O) groups is 2. The number of nitro benzene ring substituents is 2. The van der Waals surface area contributed by atoms with Crippen LogP contribution >= 0.6 is 21.6 Å². The highest BCUT2D eigenvalue weighted by Crippen LogP contribution is 2.32. The van der Waals surface area contributed by atoms with Crippen molar-refractivity contribution in [1.29, 1.82) is 0 Å². The molecule has 2 aromatic carbocycles. The SMILES string of the molecule is CCC(NC(=O)OCc1ccc([N+](=O)[O-])cc1)SSC(CC)NC(=O)OCc1ccc([N+](=O)[O-])cc1. The van der Waals surface area contributed by atoms with Gasteiger partial charge in [0.1, 0.15) is 13.2 Å². The third-order valence-corrected chi connectivity index (χ3v) is 7.83. The number of hydrogen-bond acceptors (Lipinski definition) is 10. The van der Waals surface area contributed by atoms with E-state index in [2.05, 4.69) is 10.6 Å². The molecule has 36 heavy (non-hydrogen) atoms. The topological polar surface area (TPSA) is 163 Å². The van der Waals surface area contributed by atoms with Crippen LogP contribution in [0.1, 0.15) is 37.8 Å². The van der Waals surface area contributed by atoms with E-state index in [1.807, 2.05) is 13.8 Å². The predicted molar refractivity (Wildman–Crippen MR) is 136 cm³/mol. The molecule has 0 aliphatic carbocycles. The average Bonchev–Trinajstić information content (AvgIpc) is 2.88. The largest absolute Gasteiger partial charge is 0.445 e. The monoisotopic (exact) mass is 538 g/mol. The Morgan fingerprint density at radius 2 is 1.08 bits per heavy atom. The van der Waals surface area contributed by atoms with Crippen LogP contribution in [0.4, 0.5) is 21.0 Å². The summed E-state index contributed by atoms with van der Waals surface area (Å²) in [6.45, 7) is 3.72. The Labute approximate surface area is 215 Å². The Morgan fingerprint density at radius 3 is 1.36 bits per heavy atom. The fraction of sp³-hybridized carbons (Fsp3) is 0.364. The van der Waals surface area contributed by atoms with Crippen LogP contribution in [0.3, 0.4) is 0 Å². The van der Waals surface area contributed by atoms with Gasteiger partial charge in [0.05, 0.1) is 20.6 Å². The zero-order valence-corrected chi connectivity index (χ0v) is 21.2. The number of rotatable bonds is 13. The average molecular weight is 539 g/mol. The summed E-state index contributed by atoms with van der Waals surface area (Å²) in [6, 6.07) is 11.4. The van der Waals surface area contributed by atoms with Crippen molar-refractivity contribution in [3.63, 3.8) is 0 Å². The molecule has 0 saturated heterocycles. The van der Waals surface area contributed by atoms with Crippen molar-refractivity contribution in [2.75, 3.05) is 0 Å². The van der Waals surface area contributed by atoms with E-state index in [4.69, 9.17) is 9.47 Å². The van der Waals surface area contributed by atoms with Crippen molar-refractivity contribution in [3.8, 4) is 0 Å². The van der Waals surface area contributed by atoms with Gasteiger partial charge in [-0.3, -0.25) is 20.2 Å². The highest BCUT2D eigenvalue weighted by molar-refractivity contribution is 8.77. The second-order valence-electron chi connectivity index (χ2n) is 7.27. The molecule has 0 fully saturated rings. The molecule has 0 saturated carbocycles. The van der Waals surface area contributed by atoms with E-state index in [-0.39, 0.29) is 35.3 Å². The lowest BCUT2D eigenvalue weighted by Crippen LogP contribution is -2.34. The Hall–Kier alpha value is -3.52. The van der Waals surface area contributed by atoms with E-state index in [9.17, 15) is 29.8 Å². The number of alkyl carbamates (subject to hydrolysis) is 2. The summed E-state index contributed by atoms with van der Waals surface area (Å²) in [5.41, 5.74) is 1.15. The number of carbonyl (C=O) groups excluding carboxylic acids is 2. The fourth-order valence-electron chi connectivity index (χ4n) is 2.59. The summed E-state index contributed by atoms with van der Waals surface area (Å²) in [5, 5.41) is 26.3. The normalized spacial score (nSPS) is 12.2. The standard InChI is InChI=1S/C22H26N4O8S2/c1-3-19(23-21(27)33-13-15-5-9-17(10-6-15)25(29)30)35-36-20(4-2)24-22(28)34-14-16-7-11-18(12-8-16)26(31)32/h5-12,19-20H,3-4,13-14H2,1-2H3,(H,23,27)(H,24,28). The summed E-state index contributed by atoms with van der Waals surface area (Å²) in [6.07, 6.45) is -0.0509. The lowest BCUT2D eigenvalue weighted by molar-refractivity contribution is -0.385. The Morgan fingerprint density at radius 1 is 0.750 bits per heavy atom. The van der Waals surface area contributed by atoms with Crippen molar-refractivity contribution in [2.24, 2.45) is 0 Å². The van der Waals surface area contributed by atoms with E-state index < -0.39 is 22.0 Å². The highest BCUT2D eigenvalue weighted by atomic mass is 33.1. The number of non-ortho nitro benzene ring substituents is 2. The Kier molecular flexibility index (Phi) is 11.8. The number of ether oxygens (including phenoxy) is 2. The molecule has 2 rings (SSSR count). The molecule has 2 atom stereocenters. The Bertz CT molecular complexity index is 954. The first-order valence-electron chi connectivity index (χ1n) is 10.9. The van der Waals surface area contributed by atoms with E-state index in [0.717, 1.165) is 0 Å². The second kappa shape index (κ2) is 14.8. The van der Waals surface area contributed by atoms with Crippen LogP contribution in [0, 0.1) is 20.2 Å². The van der Waals surface area contributed by atoms with Crippen LogP contribution < -0.4 is 10.6 Å². The third-order valence-electron chi connectivity index (χ3n) is 4.62. The van der Waals surface area contributed by atoms with Crippen molar-refractivity contribution in [2.45, 2.75) is 50.7 Å². The minimum absolute atomic E-state index is 0.0299. The van der Waals surface area contributed by atoms with Gasteiger partial charge in [0, 0.05) is 24.3 Å². The van der Waals surface area contributed by atoms with Gasteiger partial charge >= 0.3 is 12.2 Å². The van der Waals surface area contributed by atoms with Crippen LogP contribution in [0.25, 0.3) is 0 Å².